The lowest BCUT2D eigenvalue weighted by Crippen LogP contribution is -2.28. The maximum atomic E-state index is 11.8. The number of amides is 1. The van der Waals surface area contributed by atoms with Gasteiger partial charge in [-0.15, -0.1) is 0 Å². The van der Waals surface area contributed by atoms with Crippen LogP contribution in [0.3, 0.4) is 0 Å². The first kappa shape index (κ1) is 13.7. The summed E-state index contributed by atoms with van der Waals surface area (Å²) in [6.07, 6.45) is 1.51. The Balaban J connectivity index is 2.18. The number of nitrogens with one attached hydrogen (secondary N) is 1. The number of carbonyl (C=O) groups excluding carboxylic acids is 1. The number of aliphatic hydroxyl groups is 1. The summed E-state index contributed by atoms with van der Waals surface area (Å²) >= 11 is 0. The van der Waals surface area contributed by atoms with E-state index < -0.39 is 11.9 Å². The number of hydrogen-bond acceptors (Lipinski definition) is 6. The lowest BCUT2D eigenvalue weighted by molar-refractivity contribution is -0.170. The fraction of sp³-hybridized carbons (Fsp3) is 0.545. The van der Waals surface area contributed by atoms with Crippen LogP contribution >= 0.6 is 0 Å². The molecule has 1 aromatic rings. The van der Waals surface area contributed by atoms with Gasteiger partial charge in [-0.25, -0.2) is 4.79 Å². The first-order valence-electron chi connectivity index (χ1n) is 5.88. The van der Waals surface area contributed by atoms with E-state index in [-0.39, 0.29) is 24.4 Å². The van der Waals surface area contributed by atoms with E-state index in [1.165, 1.54) is 28.8 Å². The molecule has 1 aliphatic heterocycles. The van der Waals surface area contributed by atoms with E-state index in [1.54, 1.807) is 7.05 Å². The predicted octanol–water partition coefficient (Wildman–Crippen LogP) is -0.672. The monoisotopic (exact) mass is 268 g/mol. The fourth-order valence-corrected chi connectivity index (χ4v) is 1.94. The van der Waals surface area contributed by atoms with Gasteiger partial charge in [0.15, 0.2) is 6.23 Å². The molecule has 1 aliphatic rings. The summed E-state index contributed by atoms with van der Waals surface area (Å²) in [5, 5.41) is 13.1. The quantitative estimate of drug-likeness (QED) is 0.754. The molecule has 2 heterocycles. The number of rotatable bonds is 3. The average Bonchev–Trinajstić information content (AvgIpc) is 2.69. The predicted molar refractivity (Wildman–Crippen MR) is 66.2 cm³/mol. The van der Waals surface area contributed by atoms with Crippen LogP contribution < -0.4 is 11.0 Å². The van der Waals surface area contributed by atoms with Gasteiger partial charge < -0.3 is 10.4 Å². The number of aliphatic hydroxyl groups excluding tert-OH is 1. The molecule has 1 amide bonds. The number of aromatic nitrogens is 2. The smallest absolute Gasteiger partial charge is 0.351 e. The van der Waals surface area contributed by atoms with Crippen LogP contribution in [0, 0.1) is 0 Å². The molecule has 1 aromatic heterocycles. The zero-order chi connectivity index (χ0) is 14.0. The summed E-state index contributed by atoms with van der Waals surface area (Å²) in [7, 11) is 1.70. The molecule has 0 aliphatic carbocycles. The van der Waals surface area contributed by atoms with Crippen molar-refractivity contribution in [2.75, 3.05) is 19.0 Å². The van der Waals surface area contributed by atoms with E-state index in [9.17, 15) is 9.59 Å². The molecule has 0 spiro atoms. The zero-order valence-corrected chi connectivity index (χ0v) is 10.7. The van der Waals surface area contributed by atoms with Crippen LogP contribution in [0.2, 0.25) is 0 Å². The van der Waals surface area contributed by atoms with Crippen LogP contribution in [0.15, 0.2) is 17.1 Å². The van der Waals surface area contributed by atoms with E-state index in [2.05, 4.69) is 10.3 Å². The first-order valence-corrected chi connectivity index (χ1v) is 5.88. The second-order valence-electron chi connectivity index (χ2n) is 4.36. The molecule has 0 saturated carbocycles. The van der Waals surface area contributed by atoms with Gasteiger partial charge in [-0.05, 0) is 6.07 Å². The van der Waals surface area contributed by atoms with E-state index in [0.29, 0.717) is 6.42 Å². The molecule has 0 radical (unpaired) electrons. The summed E-state index contributed by atoms with van der Waals surface area (Å²) < 4.78 is 1.33. The maximum Gasteiger partial charge on any atom is 0.351 e. The third-order valence-corrected chi connectivity index (χ3v) is 2.93. The van der Waals surface area contributed by atoms with Gasteiger partial charge in [-0.2, -0.15) is 10.0 Å². The second-order valence-corrected chi connectivity index (χ2v) is 4.36. The van der Waals surface area contributed by atoms with Gasteiger partial charge in [-0.1, -0.05) is 0 Å². The van der Waals surface area contributed by atoms with Crippen LogP contribution in [0.5, 0.6) is 0 Å². The lowest BCUT2D eigenvalue weighted by atomic mass is 10.2. The summed E-state index contributed by atoms with van der Waals surface area (Å²) in [5.41, 5.74) is -0.511. The Kier molecular flexibility index (Phi) is 3.93. The number of carbonyl (C=O) groups is 1. The molecule has 8 heteroatoms. The molecule has 2 rings (SSSR count). The zero-order valence-electron chi connectivity index (χ0n) is 10.7. The van der Waals surface area contributed by atoms with Gasteiger partial charge in [0.05, 0.1) is 12.6 Å². The van der Waals surface area contributed by atoms with Crippen LogP contribution in [-0.2, 0) is 9.63 Å². The Hall–Kier alpha value is -1.77. The standard InChI is InChI=1S/C11H16N4O4/c1-7(17)12-9-3-4-15(11(18)13-9)10-5-8(6-16)14(2)19-10/h3-4,8,10,16H,5-6H2,1-2H3,(H,12,13,17,18)/t8-,10-/m0/s1. The highest BCUT2D eigenvalue weighted by atomic mass is 16.7. The molecule has 8 nitrogen and oxygen atoms in total. The summed E-state index contributed by atoms with van der Waals surface area (Å²) in [4.78, 5) is 31.9. The van der Waals surface area contributed by atoms with Gasteiger partial charge in [-0.3, -0.25) is 14.2 Å². The molecule has 2 atom stereocenters. The number of anilines is 1. The molecule has 104 valence electrons. The van der Waals surface area contributed by atoms with E-state index in [0.717, 1.165) is 0 Å². The van der Waals surface area contributed by atoms with E-state index in [1.807, 2.05) is 0 Å². The van der Waals surface area contributed by atoms with Gasteiger partial charge in [0.1, 0.15) is 5.82 Å². The highest BCUT2D eigenvalue weighted by Gasteiger charge is 2.32. The van der Waals surface area contributed by atoms with Crippen LogP contribution in [0.4, 0.5) is 5.82 Å². The summed E-state index contributed by atoms with van der Waals surface area (Å²) in [6.45, 7) is 1.30. The minimum Gasteiger partial charge on any atom is -0.395 e. The van der Waals surface area contributed by atoms with Crippen molar-refractivity contribution in [3.63, 3.8) is 0 Å². The Bertz CT molecular complexity index is 530. The topological polar surface area (TPSA) is 96.7 Å². The Morgan fingerprint density at radius 1 is 1.68 bits per heavy atom. The van der Waals surface area contributed by atoms with Gasteiger partial charge in [0.2, 0.25) is 5.91 Å². The number of likely N-dealkylation sites (N-methyl/N-ethyl adjacent to an activating group) is 1. The second kappa shape index (κ2) is 5.47. The molecule has 1 saturated heterocycles. The highest BCUT2D eigenvalue weighted by Crippen LogP contribution is 2.26. The minimum absolute atomic E-state index is 0.0425. The molecule has 0 unspecified atom stereocenters. The first-order chi connectivity index (χ1) is 9.01. The molecule has 1 fully saturated rings. The normalized spacial score (nSPS) is 23.5. The van der Waals surface area contributed by atoms with Crippen molar-refractivity contribution in [2.45, 2.75) is 25.6 Å². The lowest BCUT2D eigenvalue weighted by Gasteiger charge is -2.15. The Morgan fingerprint density at radius 3 is 2.95 bits per heavy atom. The van der Waals surface area contributed by atoms with Gasteiger partial charge >= 0.3 is 5.69 Å². The van der Waals surface area contributed by atoms with E-state index >= 15 is 0 Å². The van der Waals surface area contributed by atoms with Gasteiger partial charge in [0.25, 0.3) is 0 Å². The van der Waals surface area contributed by atoms with Gasteiger partial charge in [0, 0.05) is 26.6 Å². The molecular weight excluding hydrogens is 252 g/mol. The van der Waals surface area contributed by atoms with E-state index in [4.69, 9.17) is 9.94 Å². The largest absolute Gasteiger partial charge is 0.395 e. The fourth-order valence-electron chi connectivity index (χ4n) is 1.94. The third-order valence-electron chi connectivity index (χ3n) is 2.93. The van der Waals surface area contributed by atoms with Crippen LogP contribution in [0.25, 0.3) is 0 Å². The minimum atomic E-state index is -0.511. The van der Waals surface area contributed by atoms with Crippen molar-refractivity contribution in [3.05, 3.63) is 22.7 Å². The van der Waals surface area contributed by atoms with Crippen molar-refractivity contribution in [2.24, 2.45) is 0 Å². The van der Waals surface area contributed by atoms with Crippen LogP contribution in [-0.4, -0.2) is 45.3 Å². The van der Waals surface area contributed by atoms with Crippen molar-refractivity contribution in [1.29, 1.82) is 0 Å². The van der Waals surface area contributed by atoms with Crippen LogP contribution in [0.1, 0.15) is 19.6 Å². The Labute approximate surface area is 109 Å². The Morgan fingerprint density at radius 2 is 2.42 bits per heavy atom. The summed E-state index contributed by atoms with van der Waals surface area (Å²) in [5.74, 6) is -0.0827. The molecule has 0 aromatic carbocycles. The molecule has 0 bridgehead atoms. The molecule has 19 heavy (non-hydrogen) atoms. The number of nitrogens with zero attached hydrogens (tertiary/aromatic N) is 3. The highest BCUT2D eigenvalue weighted by molar-refractivity contribution is 5.87. The maximum absolute atomic E-state index is 11.8. The summed E-state index contributed by atoms with van der Waals surface area (Å²) in [6, 6.07) is 1.38. The molecular formula is C11H16N4O4. The number of hydroxylamine groups is 2. The van der Waals surface area contributed by atoms with Crippen molar-refractivity contribution < 1.29 is 14.7 Å². The molecule has 2 N–H and O–H groups in total. The third kappa shape index (κ3) is 2.98. The van der Waals surface area contributed by atoms with Crippen molar-refractivity contribution >= 4 is 11.7 Å². The number of hydrogen-bond donors (Lipinski definition) is 2. The van der Waals surface area contributed by atoms with Crippen molar-refractivity contribution in [3.8, 4) is 0 Å². The SMILES string of the molecule is CC(=O)Nc1ccn([C@@H]2C[C@@H](CO)N(C)O2)c(=O)n1. The average molecular weight is 268 g/mol. The van der Waals surface area contributed by atoms with Crippen molar-refractivity contribution in [1.82, 2.24) is 14.6 Å².